The Bertz CT molecular complexity index is 781. The molecule has 6 atom stereocenters. The molecule has 4 heterocycles. The molecular weight excluding hydrogens is 418 g/mol. The van der Waals surface area contributed by atoms with Crippen molar-refractivity contribution in [1.29, 1.82) is 0 Å². The number of hydrogen-bond donors (Lipinski definition) is 2. The number of fused-ring (bicyclic) bond motifs is 1. The number of ketones is 1. The third kappa shape index (κ3) is 4.42. The van der Waals surface area contributed by atoms with Crippen molar-refractivity contribution in [2.45, 2.75) is 50.9 Å². The summed E-state index contributed by atoms with van der Waals surface area (Å²) in [6.45, 7) is 10.8. The van der Waals surface area contributed by atoms with Gasteiger partial charge in [-0.3, -0.25) is 9.69 Å². The Balaban J connectivity index is 1.42. The number of carboxylic acid groups (broad SMARTS) is 1. The molecule has 3 saturated heterocycles. The normalized spacial score (nSPS) is 34.6. The van der Waals surface area contributed by atoms with Crippen LogP contribution in [0, 0.1) is 17.8 Å². The Morgan fingerprint density at radius 3 is 2.68 bits per heavy atom. The van der Waals surface area contributed by atoms with Crippen molar-refractivity contribution in [2.24, 2.45) is 17.8 Å². The molecule has 0 spiro atoms. The van der Waals surface area contributed by atoms with E-state index in [9.17, 15) is 19.5 Å². The molecule has 4 rings (SSSR count). The van der Waals surface area contributed by atoms with E-state index in [2.05, 4.69) is 10.2 Å². The molecule has 0 aliphatic carbocycles. The van der Waals surface area contributed by atoms with E-state index < -0.39 is 5.97 Å². The number of thioether (sulfide) groups is 1. The molecule has 31 heavy (non-hydrogen) atoms. The Labute approximate surface area is 187 Å². The van der Waals surface area contributed by atoms with Crippen LogP contribution in [0.15, 0.2) is 10.6 Å². The average Bonchev–Trinajstić information content (AvgIpc) is 3.23. The maximum atomic E-state index is 12.9. The van der Waals surface area contributed by atoms with E-state index in [1.807, 2.05) is 13.8 Å². The van der Waals surface area contributed by atoms with E-state index in [0.717, 1.165) is 50.7 Å². The second-order valence-electron chi connectivity index (χ2n) is 9.41. The lowest BCUT2D eigenvalue weighted by atomic mass is 9.73. The minimum Gasteiger partial charge on any atom is -0.477 e. The summed E-state index contributed by atoms with van der Waals surface area (Å²) >= 11 is 1.63. The smallest absolute Gasteiger partial charge is 0.353 e. The summed E-state index contributed by atoms with van der Waals surface area (Å²) < 4.78 is 5.42. The van der Waals surface area contributed by atoms with Crippen molar-refractivity contribution in [1.82, 2.24) is 15.1 Å². The first kappa shape index (κ1) is 22.8. The molecule has 2 N–H and O–H groups in total. The Hall–Kier alpha value is -1.42. The van der Waals surface area contributed by atoms with Gasteiger partial charge in [-0.05, 0) is 19.3 Å². The zero-order chi connectivity index (χ0) is 22.3. The quantitative estimate of drug-likeness (QED) is 0.531. The van der Waals surface area contributed by atoms with Gasteiger partial charge in [-0.2, -0.15) is 0 Å². The third-order valence-electron chi connectivity index (χ3n) is 7.07. The van der Waals surface area contributed by atoms with Crippen LogP contribution in [0.1, 0.15) is 33.6 Å². The highest BCUT2D eigenvalue weighted by molar-refractivity contribution is 8.03. The molecule has 172 valence electrons. The molecule has 0 saturated carbocycles. The van der Waals surface area contributed by atoms with E-state index in [0.29, 0.717) is 17.7 Å². The molecule has 1 amide bonds. The lowest BCUT2D eigenvalue weighted by Gasteiger charge is -2.47. The summed E-state index contributed by atoms with van der Waals surface area (Å²) in [5.74, 6) is -1.48. The number of hydrogen-bond acceptors (Lipinski definition) is 7. The van der Waals surface area contributed by atoms with Gasteiger partial charge in [0.05, 0.1) is 25.2 Å². The Morgan fingerprint density at radius 1 is 1.32 bits per heavy atom. The van der Waals surface area contributed by atoms with Crippen molar-refractivity contribution in [3.05, 3.63) is 10.6 Å². The number of nitrogens with zero attached hydrogens (tertiary/aromatic N) is 2. The van der Waals surface area contributed by atoms with Crippen LogP contribution in [-0.4, -0.2) is 89.3 Å². The molecule has 3 fully saturated rings. The molecule has 4 aliphatic heterocycles. The minimum absolute atomic E-state index is 0.0218. The van der Waals surface area contributed by atoms with Gasteiger partial charge in [-0.15, -0.1) is 11.8 Å². The monoisotopic (exact) mass is 451 g/mol. The highest BCUT2D eigenvalue weighted by atomic mass is 32.2. The number of Topliss-reactive ketones (excluding diaryl/α,β-unsaturated/α-hetero) is 1. The first-order valence-corrected chi connectivity index (χ1v) is 12.2. The van der Waals surface area contributed by atoms with Gasteiger partial charge in [0.25, 0.3) is 0 Å². The van der Waals surface area contributed by atoms with Gasteiger partial charge < -0.3 is 24.9 Å². The molecule has 0 aromatic heterocycles. The molecule has 0 radical (unpaired) electrons. The summed E-state index contributed by atoms with van der Waals surface area (Å²) in [6, 6.07) is 0.247. The first-order valence-electron chi connectivity index (χ1n) is 11.3. The molecule has 9 heteroatoms. The van der Waals surface area contributed by atoms with Crippen LogP contribution in [0.5, 0.6) is 0 Å². The van der Waals surface area contributed by atoms with Crippen LogP contribution < -0.4 is 5.32 Å². The maximum Gasteiger partial charge on any atom is 0.353 e. The molecule has 0 aromatic carbocycles. The second kappa shape index (κ2) is 9.21. The number of ether oxygens (including phenoxy) is 1. The van der Waals surface area contributed by atoms with Gasteiger partial charge in [-0.1, -0.05) is 13.8 Å². The molecule has 0 aromatic rings. The summed E-state index contributed by atoms with van der Waals surface area (Å²) in [7, 11) is 0. The van der Waals surface area contributed by atoms with E-state index in [1.54, 1.807) is 11.8 Å². The summed E-state index contributed by atoms with van der Waals surface area (Å²) in [6.07, 6.45) is 1.34. The van der Waals surface area contributed by atoms with Crippen LogP contribution in [0.25, 0.3) is 0 Å². The Kier molecular flexibility index (Phi) is 6.76. The number of carbonyl (C=O) groups excluding carboxylic acids is 2. The van der Waals surface area contributed by atoms with Crippen LogP contribution in [0.4, 0.5) is 0 Å². The lowest BCUT2D eigenvalue weighted by molar-refractivity contribution is -0.160. The zero-order valence-corrected chi connectivity index (χ0v) is 19.3. The first-order chi connectivity index (χ1) is 14.8. The summed E-state index contributed by atoms with van der Waals surface area (Å²) in [5.41, 5.74) is 0.162. The van der Waals surface area contributed by atoms with Crippen molar-refractivity contribution in [3.63, 3.8) is 0 Å². The number of rotatable bonds is 8. The summed E-state index contributed by atoms with van der Waals surface area (Å²) in [5, 5.41) is 13.8. The number of aliphatic carboxylic acids is 1. The fourth-order valence-electron chi connectivity index (χ4n) is 5.63. The van der Waals surface area contributed by atoms with Crippen molar-refractivity contribution >= 4 is 29.4 Å². The number of β-lactam (4-membered cyclic amide) rings is 1. The van der Waals surface area contributed by atoms with E-state index in [4.69, 9.17) is 4.74 Å². The highest BCUT2D eigenvalue weighted by Crippen LogP contribution is 2.53. The Morgan fingerprint density at radius 2 is 2.03 bits per heavy atom. The zero-order valence-electron chi connectivity index (χ0n) is 18.5. The average molecular weight is 452 g/mol. The number of carboxylic acids is 1. The van der Waals surface area contributed by atoms with Gasteiger partial charge in [0.1, 0.15) is 11.5 Å². The molecule has 0 bridgehead atoms. The van der Waals surface area contributed by atoms with Crippen molar-refractivity contribution in [3.8, 4) is 0 Å². The van der Waals surface area contributed by atoms with E-state index >= 15 is 0 Å². The number of nitrogens with one attached hydrogen (secondary N) is 1. The molecule has 4 aliphatic rings. The van der Waals surface area contributed by atoms with E-state index in [1.165, 1.54) is 11.8 Å². The number of amides is 1. The fraction of sp³-hybridized carbons (Fsp3) is 0.773. The van der Waals surface area contributed by atoms with E-state index in [-0.39, 0.29) is 41.2 Å². The van der Waals surface area contributed by atoms with Gasteiger partial charge in [0, 0.05) is 54.7 Å². The number of carbonyl (C=O) groups is 3. The largest absolute Gasteiger partial charge is 0.477 e. The summed E-state index contributed by atoms with van der Waals surface area (Å²) in [4.78, 5) is 41.3. The SMILES string of the molecule is CC(=O)C[C@H](C)[C@H]1C(=O)N2C(C(=O)O)=C(S[C@@H]3CN[C@H](CN4CCOCC4)C3)[C@H](C)[C@H]12. The standard InChI is InChI=1S/C22H33N3O5S/c1-12(8-13(2)26)17-18-14(3)20(19(22(28)29)25(18)21(17)27)31-16-9-15(23-10-16)11-24-4-6-30-7-5-24/h12,14-18,23H,4-11H2,1-3H3,(H,28,29)/t12-,14+,15-,16-,17+,18+/m0/s1. The molecular formula is C22H33N3O5S. The topological polar surface area (TPSA) is 99.2 Å². The molecule has 8 nitrogen and oxygen atoms in total. The van der Waals surface area contributed by atoms with Crippen LogP contribution >= 0.6 is 11.8 Å². The van der Waals surface area contributed by atoms with Gasteiger partial charge >= 0.3 is 5.97 Å². The van der Waals surface area contributed by atoms with Crippen molar-refractivity contribution in [2.75, 3.05) is 39.4 Å². The van der Waals surface area contributed by atoms with Crippen molar-refractivity contribution < 1.29 is 24.2 Å². The van der Waals surface area contributed by atoms with Gasteiger partial charge in [0.15, 0.2) is 0 Å². The van der Waals surface area contributed by atoms with Crippen LogP contribution in [-0.2, 0) is 19.1 Å². The minimum atomic E-state index is -1.03. The lowest BCUT2D eigenvalue weighted by Crippen LogP contribution is -2.62. The molecule has 0 unspecified atom stereocenters. The predicted molar refractivity (Wildman–Crippen MR) is 117 cm³/mol. The van der Waals surface area contributed by atoms with Gasteiger partial charge in [0.2, 0.25) is 5.91 Å². The van der Waals surface area contributed by atoms with Gasteiger partial charge in [-0.25, -0.2) is 4.79 Å². The third-order valence-corrected chi connectivity index (χ3v) is 8.58. The number of morpholine rings is 1. The predicted octanol–water partition coefficient (Wildman–Crippen LogP) is 1.17. The van der Waals surface area contributed by atoms with Crippen LogP contribution in [0.3, 0.4) is 0 Å². The second-order valence-corrected chi connectivity index (χ2v) is 10.8. The maximum absolute atomic E-state index is 12.9. The fourth-order valence-corrected chi connectivity index (χ4v) is 7.15. The highest BCUT2D eigenvalue weighted by Gasteiger charge is 2.60. The van der Waals surface area contributed by atoms with Crippen LogP contribution in [0.2, 0.25) is 0 Å².